The van der Waals surface area contributed by atoms with E-state index in [2.05, 4.69) is 4.90 Å². The number of carbonyl (C=O) groups excluding carboxylic acids is 1. The summed E-state index contributed by atoms with van der Waals surface area (Å²) in [5.41, 5.74) is 2.07. The molecule has 0 unspecified atom stereocenters. The number of rotatable bonds is 4. The SMILES string of the molecule is Cc1ccc(S(=O)(=O)N2CCCN(CC(=O)N3CCCC3)CC2)cc1C. The Bertz CT molecular complexity index is 757. The van der Waals surface area contributed by atoms with Gasteiger partial charge in [0.05, 0.1) is 11.4 Å². The molecule has 0 spiro atoms. The second kappa shape index (κ2) is 8.06. The lowest BCUT2D eigenvalue weighted by Crippen LogP contribution is -2.41. The fourth-order valence-electron chi connectivity index (χ4n) is 3.63. The number of carbonyl (C=O) groups is 1. The highest BCUT2D eigenvalue weighted by molar-refractivity contribution is 7.89. The number of aryl methyl sites for hydroxylation is 2. The van der Waals surface area contributed by atoms with Gasteiger partial charge in [-0.05, 0) is 62.9 Å². The van der Waals surface area contributed by atoms with E-state index < -0.39 is 10.0 Å². The molecule has 144 valence electrons. The molecule has 1 aromatic rings. The molecular formula is C19H29N3O3S. The molecule has 2 aliphatic rings. The Morgan fingerprint density at radius 1 is 0.923 bits per heavy atom. The van der Waals surface area contributed by atoms with Crippen LogP contribution in [0.25, 0.3) is 0 Å². The van der Waals surface area contributed by atoms with Crippen molar-refractivity contribution in [2.75, 3.05) is 45.8 Å². The van der Waals surface area contributed by atoms with Gasteiger partial charge in [0.2, 0.25) is 15.9 Å². The van der Waals surface area contributed by atoms with Gasteiger partial charge in [-0.2, -0.15) is 4.31 Å². The van der Waals surface area contributed by atoms with E-state index in [0.29, 0.717) is 31.1 Å². The topological polar surface area (TPSA) is 60.9 Å². The lowest BCUT2D eigenvalue weighted by Gasteiger charge is -2.24. The van der Waals surface area contributed by atoms with Gasteiger partial charge in [-0.3, -0.25) is 9.69 Å². The molecule has 3 rings (SSSR count). The predicted molar refractivity (Wildman–Crippen MR) is 102 cm³/mol. The summed E-state index contributed by atoms with van der Waals surface area (Å²) in [6, 6.07) is 5.31. The lowest BCUT2D eigenvalue weighted by atomic mass is 10.1. The van der Waals surface area contributed by atoms with Gasteiger partial charge in [0.1, 0.15) is 0 Å². The molecular weight excluding hydrogens is 350 g/mol. The minimum Gasteiger partial charge on any atom is -0.342 e. The van der Waals surface area contributed by atoms with Crippen molar-refractivity contribution in [3.8, 4) is 0 Å². The van der Waals surface area contributed by atoms with Gasteiger partial charge in [-0.25, -0.2) is 8.42 Å². The summed E-state index contributed by atoms with van der Waals surface area (Å²) in [7, 11) is -3.48. The third kappa shape index (κ3) is 4.27. The van der Waals surface area contributed by atoms with E-state index in [9.17, 15) is 13.2 Å². The van der Waals surface area contributed by atoms with Gasteiger partial charge in [0, 0.05) is 32.7 Å². The standard InChI is InChI=1S/C19H29N3O3S/c1-16-6-7-18(14-17(16)2)26(24,25)22-11-5-8-20(12-13-22)15-19(23)21-9-3-4-10-21/h6-7,14H,3-5,8-13,15H2,1-2H3. The van der Waals surface area contributed by atoms with Crippen LogP contribution >= 0.6 is 0 Å². The van der Waals surface area contributed by atoms with Gasteiger partial charge in [0.25, 0.3) is 0 Å². The molecule has 0 saturated carbocycles. The van der Waals surface area contributed by atoms with Crippen molar-refractivity contribution in [3.05, 3.63) is 29.3 Å². The summed E-state index contributed by atoms with van der Waals surface area (Å²) in [5.74, 6) is 0.174. The van der Waals surface area contributed by atoms with Gasteiger partial charge < -0.3 is 4.90 Å². The van der Waals surface area contributed by atoms with Crippen molar-refractivity contribution in [1.29, 1.82) is 0 Å². The molecule has 2 saturated heterocycles. The van der Waals surface area contributed by atoms with E-state index >= 15 is 0 Å². The van der Waals surface area contributed by atoms with Crippen LogP contribution in [-0.4, -0.2) is 74.2 Å². The zero-order chi connectivity index (χ0) is 18.7. The third-order valence-electron chi connectivity index (χ3n) is 5.48. The molecule has 0 radical (unpaired) electrons. The first-order valence-electron chi connectivity index (χ1n) is 9.45. The van der Waals surface area contributed by atoms with Crippen molar-refractivity contribution >= 4 is 15.9 Å². The smallest absolute Gasteiger partial charge is 0.243 e. The van der Waals surface area contributed by atoms with Crippen LogP contribution < -0.4 is 0 Å². The van der Waals surface area contributed by atoms with E-state index in [4.69, 9.17) is 0 Å². The number of hydrogen-bond acceptors (Lipinski definition) is 4. The van der Waals surface area contributed by atoms with E-state index in [0.717, 1.165) is 50.0 Å². The Hall–Kier alpha value is -1.44. The molecule has 1 amide bonds. The highest BCUT2D eigenvalue weighted by Crippen LogP contribution is 2.20. The first-order valence-corrected chi connectivity index (χ1v) is 10.9. The van der Waals surface area contributed by atoms with Crippen LogP contribution in [0.3, 0.4) is 0 Å². The van der Waals surface area contributed by atoms with Crippen LogP contribution in [0.1, 0.15) is 30.4 Å². The number of benzene rings is 1. The van der Waals surface area contributed by atoms with Crippen molar-refractivity contribution in [2.45, 2.75) is 38.0 Å². The van der Waals surface area contributed by atoms with Crippen LogP contribution in [0.4, 0.5) is 0 Å². The predicted octanol–water partition coefficient (Wildman–Crippen LogP) is 1.62. The Balaban J connectivity index is 1.63. The van der Waals surface area contributed by atoms with E-state index in [-0.39, 0.29) is 5.91 Å². The summed E-state index contributed by atoms with van der Waals surface area (Å²) in [6.07, 6.45) is 2.93. The van der Waals surface area contributed by atoms with Gasteiger partial charge in [-0.15, -0.1) is 0 Å². The first-order chi connectivity index (χ1) is 12.4. The van der Waals surface area contributed by atoms with Gasteiger partial charge >= 0.3 is 0 Å². The van der Waals surface area contributed by atoms with Crippen molar-refractivity contribution < 1.29 is 13.2 Å². The fraction of sp³-hybridized carbons (Fsp3) is 0.632. The normalized spacial score (nSPS) is 20.3. The van der Waals surface area contributed by atoms with Crippen molar-refractivity contribution in [2.24, 2.45) is 0 Å². The molecule has 0 atom stereocenters. The summed E-state index contributed by atoms with van der Waals surface area (Å²) < 4.78 is 27.5. The van der Waals surface area contributed by atoms with Gasteiger partial charge in [-0.1, -0.05) is 6.07 Å². The second-order valence-corrected chi connectivity index (χ2v) is 9.31. The van der Waals surface area contributed by atoms with E-state index in [1.807, 2.05) is 24.8 Å². The minimum atomic E-state index is -3.48. The maximum absolute atomic E-state index is 13.0. The molecule has 2 aliphatic heterocycles. The lowest BCUT2D eigenvalue weighted by molar-refractivity contribution is -0.131. The van der Waals surface area contributed by atoms with Crippen LogP contribution in [0.5, 0.6) is 0 Å². The summed E-state index contributed by atoms with van der Waals surface area (Å²) in [6.45, 7) is 8.33. The monoisotopic (exact) mass is 379 g/mol. The quantitative estimate of drug-likeness (QED) is 0.798. The molecule has 0 N–H and O–H groups in total. The average molecular weight is 380 g/mol. The molecule has 0 aromatic heterocycles. The fourth-order valence-corrected chi connectivity index (χ4v) is 5.18. The molecule has 7 heteroatoms. The zero-order valence-corrected chi connectivity index (χ0v) is 16.6. The summed E-state index contributed by atoms with van der Waals surface area (Å²) >= 11 is 0. The first kappa shape index (κ1) is 19.3. The van der Waals surface area contributed by atoms with Crippen molar-refractivity contribution in [1.82, 2.24) is 14.1 Å². The third-order valence-corrected chi connectivity index (χ3v) is 7.38. The summed E-state index contributed by atoms with van der Waals surface area (Å²) in [4.78, 5) is 16.7. The molecule has 0 bridgehead atoms. The Labute approximate surface area is 156 Å². The van der Waals surface area contributed by atoms with Crippen LogP contribution in [0.15, 0.2) is 23.1 Å². The molecule has 6 nitrogen and oxygen atoms in total. The van der Waals surface area contributed by atoms with Crippen LogP contribution in [-0.2, 0) is 14.8 Å². The Morgan fingerprint density at radius 2 is 1.65 bits per heavy atom. The average Bonchev–Trinajstić information content (AvgIpc) is 3.04. The van der Waals surface area contributed by atoms with Crippen LogP contribution in [0.2, 0.25) is 0 Å². The highest BCUT2D eigenvalue weighted by atomic mass is 32.2. The van der Waals surface area contributed by atoms with Crippen molar-refractivity contribution in [3.63, 3.8) is 0 Å². The maximum Gasteiger partial charge on any atom is 0.243 e. The maximum atomic E-state index is 13.0. The van der Waals surface area contributed by atoms with Crippen LogP contribution in [0, 0.1) is 13.8 Å². The second-order valence-electron chi connectivity index (χ2n) is 7.37. The Kier molecular flexibility index (Phi) is 5.99. The van der Waals surface area contributed by atoms with Gasteiger partial charge in [0.15, 0.2) is 0 Å². The Morgan fingerprint density at radius 3 is 2.35 bits per heavy atom. The molecule has 0 aliphatic carbocycles. The number of amides is 1. The highest BCUT2D eigenvalue weighted by Gasteiger charge is 2.28. The zero-order valence-electron chi connectivity index (χ0n) is 15.8. The molecule has 1 aromatic carbocycles. The number of likely N-dealkylation sites (tertiary alicyclic amines) is 1. The number of nitrogens with zero attached hydrogens (tertiary/aromatic N) is 3. The van der Waals surface area contributed by atoms with E-state index in [1.54, 1.807) is 16.4 Å². The summed E-state index contributed by atoms with van der Waals surface area (Å²) in [5, 5.41) is 0. The molecule has 2 fully saturated rings. The minimum absolute atomic E-state index is 0.174. The molecule has 2 heterocycles. The molecule has 26 heavy (non-hydrogen) atoms. The number of sulfonamides is 1. The number of hydrogen-bond donors (Lipinski definition) is 0. The van der Waals surface area contributed by atoms with E-state index in [1.165, 1.54) is 0 Å². The largest absolute Gasteiger partial charge is 0.342 e.